The molecule has 1 N–H and O–H groups in total. The highest BCUT2D eigenvalue weighted by Gasteiger charge is 2.24. The molecule has 7 nitrogen and oxygen atoms in total. The molecule has 0 aliphatic carbocycles. The van der Waals surface area contributed by atoms with Gasteiger partial charge in [-0.25, -0.2) is 0 Å². The molecule has 1 aliphatic rings. The molecule has 0 amide bonds. The third-order valence-corrected chi connectivity index (χ3v) is 5.90. The number of aromatic nitrogens is 4. The zero-order chi connectivity index (χ0) is 18.8. The van der Waals surface area contributed by atoms with Crippen LogP contribution in [0.3, 0.4) is 0 Å². The second-order valence-electron chi connectivity index (χ2n) is 7.03. The van der Waals surface area contributed by atoms with Crippen molar-refractivity contribution in [2.24, 2.45) is 0 Å². The average molecular weight is 395 g/mol. The number of hydrogen-bond donors (Lipinski definition) is 1. The second kappa shape index (κ2) is 7.73. The van der Waals surface area contributed by atoms with Crippen LogP contribution in [0.5, 0.6) is 0 Å². The summed E-state index contributed by atoms with van der Waals surface area (Å²) in [5.41, 5.74) is 1.77. The smallest absolute Gasteiger partial charge is 0.186 e. The van der Waals surface area contributed by atoms with Crippen LogP contribution in [0.25, 0.3) is 17.0 Å². The summed E-state index contributed by atoms with van der Waals surface area (Å²) in [7, 11) is 0. The van der Waals surface area contributed by atoms with Crippen LogP contribution in [0.15, 0.2) is 51.8 Å². The van der Waals surface area contributed by atoms with Crippen LogP contribution in [-0.2, 0) is 0 Å². The molecular weight excluding hydrogens is 372 g/mol. The highest BCUT2D eigenvalue weighted by molar-refractivity contribution is 7.08. The van der Waals surface area contributed by atoms with Gasteiger partial charge in [0.1, 0.15) is 11.6 Å². The summed E-state index contributed by atoms with van der Waals surface area (Å²) in [4.78, 5) is 2.50. The monoisotopic (exact) mass is 394 g/mol. The van der Waals surface area contributed by atoms with Gasteiger partial charge in [0.05, 0.1) is 12.3 Å². The normalized spacial score (nSPS) is 16.4. The molecular formula is C20H22N6OS. The van der Waals surface area contributed by atoms with Crippen molar-refractivity contribution in [3.8, 4) is 11.4 Å². The van der Waals surface area contributed by atoms with Crippen LogP contribution in [0.1, 0.15) is 31.1 Å². The van der Waals surface area contributed by atoms with E-state index in [1.54, 1.807) is 22.1 Å². The van der Waals surface area contributed by atoms with Gasteiger partial charge in [0, 0.05) is 17.5 Å². The summed E-state index contributed by atoms with van der Waals surface area (Å²) in [6, 6.07) is 10.2. The molecule has 0 aromatic carbocycles. The Kier molecular flexibility index (Phi) is 4.80. The molecule has 1 unspecified atom stereocenters. The van der Waals surface area contributed by atoms with Crippen molar-refractivity contribution in [2.75, 3.05) is 25.0 Å². The van der Waals surface area contributed by atoms with Crippen molar-refractivity contribution in [2.45, 2.75) is 25.3 Å². The fraction of sp³-hybridized carbons (Fsp3) is 0.350. The fourth-order valence-corrected chi connectivity index (χ4v) is 4.41. The van der Waals surface area contributed by atoms with Crippen molar-refractivity contribution < 1.29 is 4.42 Å². The largest absolute Gasteiger partial charge is 0.468 e. The maximum atomic E-state index is 5.74. The van der Waals surface area contributed by atoms with E-state index in [1.165, 1.54) is 19.3 Å². The number of fused-ring (bicyclic) bond motifs is 1. The van der Waals surface area contributed by atoms with Gasteiger partial charge in [-0.15, -0.1) is 15.3 Å². The summed E-state index contributed by atoms with van der Waals surface area (Å²) in [5, 5.41) is 20.8. The topological polar surface area (TPSA) is 71.5 Å². The van der Waals surface area contributed by atoms with Gasteiger partial charge in [-0.3, -0.25) is 4.90 Å². The van der Waals surface area contributed by atoms with Crippen molar-refractivity contribution in [3.05, 3.63) is 53.1 Å². The Hall–Kier alpha value is -2.71. The molecule has 5 rings (SSSR count). The van der Waals surface area contributed by atoms with E-state index in [0.29, 0.717) is 0 Å². The molecule has 1 aliphatic heterocycles. The second-order valence-corrected chi connectivity index (χ2v) is 7.81. The molecule has 1 fully saturated rings. The predicted octanol–water partition coefficient (Wildman–Crippen LogP) is 4.08. The van der Waals surface area contributed by atoms with E-state index in [1.807, 2.05) is 29.6 Å². The van der Waals surface area contributed by atoms with Gasteiger partial charge in [0.15, 0.2) is 11.5 Å². The van der Waals surface area contributed by atoms with Crippen LogP contribution in [0, 0.1) is 0 Å². The molecule has 1 saturated heterocycles. The van der Waals surface area contributed by atoms with Crippen LogP contribution in [0.2, 0.25) is 0 Å². The first kappa shape index (κ1) is 17.4. The lowest BCUT2D eigenvalue weighted by atomic mass is 10.1. The average Bonchev–Trinajstić information content (AvgIpc) is 3.50. The van der Waals surface area contributed by atoms with E-state index in [-0.39, 0.29) is 6.04 Å². The third-order valence-electron chi connectivity index (χ3n) is 5.22. The third kappa shape index (κ3) is 3.41. The zero-order valence-corrected chi connectivity index (χ0v) is 16.3. The summed E-state index contributed by atoms with van der Waals surface area (Å²) < 4.78 is 7.54. The highest BCUT2D eigenvalue weighted by Crippen LogP contribution is 2.26. The number of piperidine rings is 1. The molecule has 0 saturated carbocycles. The maximum Gasteiger partial charge on any atom is 0.186 e. The Bertz CT molecular complexity index is 1020. The minimum absolute atomic E-state index is 0.199. The van der Waals surface area contributed by atoms with Gasteiger partial charge < -0.3 is 9.73 Å². The Labute approximate surface area is 167 Å². The lowest BCUT2D eigenvalue weighted by molar-refractivity contribution is 0.152. The Morgan fingerprint density at radius 3 is 2.82 bits per heavy atom. The number of furan rings is 1. The first-order valence-electron chi connectivity index (χ1n) is 9.65. The van der Waals surface area contributed by atoms with Gasteiger partial charge in [0.25, 0.3) is 0 Å². The number of nitrogens with one attached hydrogen (secondary N) is 1. The van der Waals surface area contributed by atoms with Crippen LogP contribution < -0.4 is 5.32 Å². The SMILES string of the molecule is c1coc(C(CNc2ccc3nnc(-c4ccsc4)n3n2)N2CCCCC2)c1. The molecule has 1 atom stereocenters. The van der Waals surface area contributed by atoms with E-state index >= 15 is 0 Å². The maximum absolute atomic E-state index is 5.74. The van der Waals surface area contributed by atoms with Crippen LogP contribution >= 0.6 is 11.3 Å². The van der Waals surface area contributed by atoms with E-state index in [9.17, 15) is 0 Å². The molecule has 8 heteroatoms. The van der Waals surface area contributed by atoms with Crippen LogP contribution in [-0.4, -0.2) is 44.3 Å². The predicted molar refractivity (Wildman–Crippen MR) is 109 cm³/mol. The summed E-state index contributed by atoms with van der Waals surface area (Å²) in [6.07, 6.45) is 5.55. The van der Waals surface area contributed by atoms with Crippen molar-refractivity contribution in [1.82, 2.24) is 24.7 Å². The van der Waals surface area contributed by atoms with Gasteiger partial charge in [-0.05, 0) is 61.6 Å². The molecule has 4 aromatic rings. The fourth-order valence-electron chi connectivity index (χ4n) is 3.78. The lowest BCUT2D eigenvalue weighted by Crippen LogP contribution is -2.37. The van der Waals surface area contributed by atoms with Gasteiger partial charge >= 0.3 is 0 Å². The molecule has 0 radical (unpaired) electrons. The Morgan fingerprint density at radius 2 is 2.04 bits per heavy atom. The van der Waals surface area contributed by atoms with Gasteiger partial charge in [0.2, 0.25) is 0 Å². The minimum Gasteiger partial charge on any atom is -0.468 e. The molecule has 28 heavy (non-hydrogen) atoms. The molecule has 0 spiro atoms. The highest BCUT2D eigenvalue weighted by atomic mass is 32.1. The van der Waals surface area contributed by atoms with E-state index in [0.717, 1.165) is 48.2 Å². The molecule has 5 heterocycles. The number of rotatable bonds is 6. The van der Waals surface area contributed by atoms with E-state index in [2.05, 4.69) is 31.9 Å². The first-order chi connectivity index (χ1) is 13.9. The van der Waals surface area contributed by atoms with Crippen molar-refractivity contribution >= 4 is 22.8 Å². The van der Waals surface area contributed by atoms with E-state index in [4.69, 9.17) is 9.52 Å². The van der Waals surface area contributed by atoms with Gasteiger partial charge in [-0.1, -0.05) is 6.42 Å². The number of hydrogen-bond acceptors (Lipinski definition) is 7. The molecule has 0 bridgehead atoms. The van der Waals surface area contributed by atoms with Gasteiger partial charge in [-0.2, -0.15) is 15.9 Å². The van der Waals surface area contributed by atoms with E-state index < -0.39 is 0 Å². The van der Waals surface area contributed by atoms with Crippen molar-refractivity contribution in [1.29, 1.82) is 0 Å². The van der Waals surface area contributed by atoms with Crippen LogP contribution in [0.4, 0.5) is 5.82 Å². The Morgan fingerprint density at radius 1 is 1.11 bits per heavy atom. The number of anilines is 1. The number of nitrogens with zero attached hydrogens (tertiary/aromatic N) is 5. The number of likely N-dealkylation sites (tertiary alicyclic amines) is 1. The molecule has 144 valence electrons. The molecule has 4 aromatic heterocycles. The Balaban J connectivity index is 1.38. The first-order valence-corrected chi connectivity index (χ1v) is 10.6. The van der Waals surface area contributed by atoms with Crippen molar-refractivity contribution in [3.63, 3.8) is 0 Å². The zero-order valence-electron chi connectivity index (χ0n) is 15.5. The standard InChI is InChI=1S/C20H22N6OS/c1-2-9-25(10-3-1)16(17-5-4-11-27-17)13-21-18-6-7-19-22-23-20(26(19)24-18)15-8-12-28-14-15/h4-8,11-12,14,16H,1-3,9-10,13H2,(H,21,24). The summed E-state index contributed by atoms with van der Waals surface area (Å²) >= 11 is 1.64. The summed E-state index contributed by atoms with van der Waals surface area (Å²) in [5.74, 6) is 2.56. The lowest BCUT2D eigenvalue weighted by Gasteiger charge is -2.33. The quantitative estimate of drug-likeness (QED) is 0.531. The minimum atomic E-state index is 0.199. The summed E-state index contributed by atoms with van der Waals surface area (Å²) in [6.45, 7) is 2.95. The number of thiophene rings is 1.